The molecule has 3 rings (SSSR count). The van der Waals surface area contributed by atoms with Crippen molar-refractivity contribution in [3.8, 4) is 5.88 Å². The summed E-state index contributed by atoms with van der Waals surface area (Å²) >= 11 is 0. The zero-order valence-electron chi connectivity index (χ0n) is 13.3. The summed E-state index contributed by atoms with van der Waals surface area (Å²) in [4.78, 5) is 4.61. The molecule has 0 spiro atoms. The second kappa shape index (κ2) is 5.67. The Labute approximate surface area is 127 Å². The fourth-order valence-corrected chi connectivity index (χ4v) is 3.33. The zero-order chi connectivity index (χ0) is 14.9. The van der Waals surface area contributed by atoms with Crippen molar-refractivity contribution in [2.45, 2.75) is 52.6 Å². The van der Waals surface area contributed by atoms with Crippen molar-refractivity contribution in [3.63, 3.8) is 0 Å². The smallest absolute Gasteiger partial charge is 0.214 e. The monoisotopic (exact) mass is 283 g/mol. The molecule has 1 saturated carbocycles. The van der Waals surface area contributed by atoms with Crippen LogP contribution in [-0.4, -0.2) is 11.1 Å². The van der Waals surface area contributed by atoms with Gasteiger partial charge in [-0.25, -0.2) is 4.98 Å². The number of ether oxygens (including phenoxy) is 1. The van der Waals surface area contributed by atoms with Gasteiger partial charge in [-0.3, -0.25) is 0 Å². The molecule has 2 aromatic rings. The predicted molar refractivity (Wildman–Crippen MR) is 87.6 cm³/mol. The number of aromatic nitrogens is 1. The minimum Gasteiger partial charge on any atom is -0.474 e. The molecule has 1 aromatic heterocycles. The lowest BCUT2D eigenvalue weighted by atomic mass is 9.72. The van der Waals surface area contributed by atoms with E-state index in [4.69, 9.17) is 4.74 Å². The van der Waals surface area contributed by atoms with Gasteiger partial charge in [-0.15, -0.1) is 0 Å². The third-order valence-corrected chi connectivity index (χ3v) is 4.76. The van der Waals surface area contributed by atoms with Crippen molar-refractivity contribution >= 4 is 10.9 Å². The number of benzene rings is 1. The Morgan fingerprint density at radius 1 is 0.952 bits per heavy atom. The number of rotatable bonds is 2. The number of fused-ring (bicyclic) bond motifs is 1. The number of hydrogen-bond acceptors (Lipinski definition) is 2. The van der Waals surface area contributed by atoms with Crippen molar-refractivity contribution in [1.29, 1.82) is 0 Å². The topological polar surface area (TPSA) is 22.1 Å². The second-order valence-electron chi connectivity index (χ2n) is 7.30. The highest BCUT2D eigenvalue weighted by Crippen LogP contribution is 2.38. The number of nitrogens with zero attached hydrogens (tertiary/aromatic N) is 1. The minimum atomic E-state index is 0.331. The van der Waals surface area contributed by atoms with E-state index in [9.17, 15) is 0 Å². The molecular formula is C19H25NO. The molecule has 0 aliphatic heterocycles. The van der Waals surface area contributed by atoms with Crippen molar-refractivity contribution in [2.24, 2.45) is 11.3 Å². The first-order valence-corrected chi connectivity index (χ1v) is 8.05. The van der Waals surface area contributed by atoms with Gasteiger partial charge in [-0.1, -0.05) is 39.0 Å². The molecule has 1 aliphatic carbocycles. The van der Waals surface area contributed by atoms with Gasteiger partial charge in [-0.05, 0) is 49.1 Å². The summed E-state index contributed by atoms with van der Waals surface area (Å²) in [5.41, 5.74) is 1.44. The van der Waals surface area contributed by atoms with Crippen LogP contribution in [0.3, 0.4) is 0 Å². The van der Waals surface area contributed by atoms with Crippen LogP contribution >= 0.6 is 0 Å². The molecule has 2 heteroatoms. The fraction of sp³-hybridized carbons (Fsp3) is 0.526. The van der Waals surface area contributed by atoms with Crippen LogP contribution in [0, 0.1) is 11.3 Å². The van der Waals surface area contributed by atoms with Crippen LogP contribution in [0.25, 0.3) is 10.9 Å². The lowest BCUT2D eigenvalue weighted by molar-refractivity contribution is 0.0854. The van der Waals surface area contributed by atoms with Gasteiger partial charge in [0.1, 0.15) is 6.10 Å². The second-order valence-corrected chi connectivity index (χ2v) is 7.30. The summed E-state index contributed by atoms with van der Waals surface area (Å²) in [5, 5.41) is 1.17. The molecule has 0 N–H and O–H groups in total. The first-order chi connectivity index (χ1) is 10.0. The molecule has 0 saturated heterocycles. The van der Waals surface area contributed by atoms with Gasteiger partial charge in [0, 0.05) is 11.5 Å². The highest BCUT2D eigenvalue weighted by atomic mass is 16.5. The maximum atomic E-state index is 6.11. The zero-order valence-corrected chi connectivity index (χ0v) is 13.3. The standard InChI is InChI=1S/C19H25NO/c1-19(2,3)15-9-11-16(12-10-15)21-18-13-8-14-6-4-5-7-17(14)20-18/h4-8,13,15-16H,9-12H2,1-3H3. The van der Waals surface area contributed by atoms with Crippen LogP contribution in [-0.2, 0) is 0 Å². The average Bonchev–Trinajstić information content (AvgIpc) is 2.47. The third kappa shape index (κ3) is 3.37. The van der Waals surface area contributed by atoms with Crippen molar-refractivity contribution in [3.05, 3.63) is 36.4 Å². The van der Waals surface area contributed by atoms with Gasteiger partial charge < -0.3 is 4.74 Å². The van der Waals surface area contributed by atoms with Crippen LogP contribution in [0.1, 0.15) is 46.5 Å². The molecule has 2 nitrogen and oxygen atoms in total. The van der Waals surface area contributed by atoms with Crippen LogP contribution in [0.15, 0.2) is 36.4 Å². The number of para-hydroxylation sites is 1. The molecule has 112 valence electrons. The Hall–Kier alpha value is -1.57. The van der Waals surface area contributed by atoms with E-state index in [-0.39, 0.29) is 0 Å². The maximum Gasteiger partial charge on any atom is 0.214 e. The first kappa shape index (κ1) is 14.4. The van der Waals surface area contributed by atoms with E-state index >= 15 is 0 Å². The molecule has 1 heterocycles. The molecule has 21 heavy (non-hydrogen) atoms. The van der Waals surface area contributed by atoms with Crippen LogP contribution < -0.4 is 4.74 Å². The SMILES string of the molecule is CC(C)(C)C1CCC(Oc2ccc3ccccc3n2)CC1. The van der Waals surface area contributed by atoms with Gasteiger partial charge in [0.25, 0.3) is 0 Å². The summed E-state index contributed by atoms with van der Waals surface area (Å²) in [5.74, 6) is 1.59. The quantitative estimate of drug-likeness (QED) is 0.754. The summed E-state index contributed by atoms with van der Waals surface area (Å²) < 4.78 is 6.11. The molecule has 1 aliphatic rings. The number of pyridine rings is 1. The first-order valence-electron chi connectivity index (χ1n) is 8.05. The van der Waals surface area contributed by atoms with E-state index in [1.165, 1.54) is 18.2 Å². The van der Waals surface area contributed by atoms with E-state index in [1.54, 1.807) is 0 Å². The highest BCUT2D eigenvalue weighted by Gasteiger charge is 2.30. The van der Waals surface area contributed by atoms with Crippen molar-refractivity contribution in [2.75, 3.05) is 0 Å². The number of hydrogen-bond donors (Lipinski definition) is 0. The fourth-order valence-electron chi connectivity index (χ4n) is 3.33. The average molecular weight is 283 g/mol. The minimum absolute atomic E-state index is 0.331. The van der Waals surface area contributed by atoms with Crippen LogP contribution in [0.5, 0.6) is 5.88 Å². The van der Waals surface area contributed by atoms with E-state index in [0.717, 1.165) is 30.2 Å². The largest absolute Gasteiger partial charge is 0.474 e. The Morgan fingerprint density at radius 3 is 2.38 bits per heavy atom. The summed E-state index contributed by atoms with van der Waals surface area (Å²) in [6, 6.07) is 12.3. The molecule has 0 bridgehead atoms. The molecule has 0 amide bonds. The molecular weight excluding hydrogens is 258 g/mol. The van der Waals surface area contributed by atoms with Gasteiger partial charge in [-0.2, -0.15) is 0 Å². The predicted octanol–water partition coefficient (Wildman–Crippen LogP) is 5.22. The van der Waals surface area contributed by atoms with Crippen LogP contribution in [0.2, 0.25) is 0 Å². The molecule has 0 radical (unpaired) electrons. The molecule has 0 atom stereocenters. The van der Waals surface area contributed by atoms with Gasteiger partial charge in [0.2, 0.25) is 5.88 Å². The Kier molecular flexibility index (Phi) is 3.88. The normalized spacial score (nSPS) is 23.2. The Bertz CT molecular complexity index is 606. The lowest BCUT2D eigenvalue weighted by Gasteiger charge is -2.36. The van der Waals surface area contributed by atoms with Crippen molar-refractivity contribution in [1.82, 2.24) is 4.98 Å². The van der Waals surface area contributed by atoms with E-state index in [2.05, 4.69) is 37.9 Å². The summed E-state index contributed by atoms with van der Waals surface area (Å²) in [6.07, 6.45) is 5.16. The lowest BCUT2D eigenvalue weighted by Crippen LogP contribution is -2.30. The van der Waals surface area contributed by atoms with Gasteiger partial charge >= 0.3 is 0 Å². The highest BCUT2D eigenvalue weighted by molar-refractivity contribution is 5.78. The van der Waals surface area contributed by atoms with Crippen LogP contribution in [0.4, 0.5) is 0 Å². The van der Waals surface area contributed by atoms with Crippen molar-refractivity contribution < 1.29 is 4.74 Å². The van der Waals surface area contributed by atoms with Gasteiger partial charge in [0.05, 0.1) is 5.52 Å². The van der Waals surface area contributed by atoms with E-state index in [0.29, 0.717) is 11.5 Å². The van der Waals surface area contributed by atoms with E-state index in [1.807, 2.05) is 24.3 Å². The molecule has 0 unspecified atom stereocenters. The molecule has 1 fully saturated rings. The summed E-state index contributed by atoms with van der Waals surface area (Å²) in [7, 11) is 0. The van der Waals surface area contributed by atoms with Gasteiger partial charge in [0.15, 0.2) is 0 Å². The Balaban J connectivity index is 1.64. The maximum absolute atomic E-state index is 6.11. The summed E-state index contributed by atoms with van der Waals surface area (Å²) in [6.45, 7) is 7.05. The third-order valence-electron chi connectivity index (χ3n) is 4.76. The van der Waals surface area contributed by atoms with E-state index < -0.39 is 0 Å². The Morgan fingerprint density at radius 2 is 1.67 bits per heavy atom. The molecule has 1 aromatic carbocycles.